The monoisotopic (exact) mass is 345 g/mol. The molecule has 0 saturated carbocycles. The van der Waals surface area contributed by atoms with Gasteiger partial charge in [-0.25, -0.2) is 9.18 Å². The van der Waals surface area contributed by atoms with E-state index in [1.54, 1.807) is 4.90 Å². The van der Waals surface area contributed by atoms with Crippen LogP contribution in [-0.4, -0.2) is 25.2 Å². The fourth-order valence-electron chi connectivity index (χ4n) is 3.54. The number of para-hydroxylation sites is 2. The second-order valence-corrected chi connectivity index (χ2v) is 6.56. The molecule has 1 saturated heterocycles. The minimum Gasteiger partial charge on any atom is -0.365 e. The summed E-state index contributed by atoms with van der Waals surface area (Å²) in [5, 5.41) is 2.81. The molecule has 124 valence electrons. The number of nitrogens with zero attached hydrogens (tertiary/aromatic N) is 2. The first-order valence-corrected chi connectivity index (χ1v) is 8.40. The lowest BCUT2D eigenvalue weighted by atomic mass is 10.1. The number of carbonyl (C=O) groups is 1. The van der Waals surface area contributed by atoms with Crippen LogP contribution in [0.4, 0.5) is 26.2 Å². The van der Waals surface area contributed by atoms with E-state index in [9.17, 15) is 9.18 Å². The van der Waals surface area contributed by atoms with E-state index >= 15 is 0 Å². The first-order valence-electron chi connectivity index (χ1n) is 8.03. The van der Waals surface area contributed by atoms with Gasteiger partial charge in [0.15, 0.2) is 0 Å². The number of fused-ring (bicyclic) bond motifs is 3. The zero-order valence-corrected chi connectivity index (χ0v) is 13.8. The molecule has 6 heteroatoms. The number of halogens is 2. The second kappa shape index (κ2) is 5.98. The number of carbonyl (C=O) groups excluding carboxylic acids is 1. The third kappa shape index (κ3) is 2.59. The van der Waals surface area contributed by atoms with Crippen molar-refractivity contribution in [1.82, 2.24) is 0 Å². The molecular weight excluding hydrogens is 329 g/mol. The van der Waals surface area contributed by atoms with Crippen molar-refractivity contribution in [2.24, 2.45) is 0 Å². The second-order valence-electron chi connectivity index (χ2n) is 6.15. The van der Waals surface area contributed by atoms with Crippen molar-refractivity contribution < 1.29 is 9.18 Å². The van der Waals surface area contributed by atoms with E-state index in [0.717, 1.165) is 30.8 Å². The number of benzene rings is 2. The summed E-state index contributed by atoms with van der Waals surface area (Å²) in [5.74, 6) is -0.500. The molecule has 2 amide bonds. The topological polar surface area (TPSA) is 35.6 Å². The van der Waals surface area contributed by atoms with Crippen molar-refractivity contribution in [1.29, 1.82) is 0 Å². The van der Waals surface area contributed by atoms with Crippen LogP contribution in [0, 0.1) is 5.82 Å². The summed E-state index contributed by atoms with van der Waals surface area (Å²) in [6, 6.07) is 12.3. The molecule has 1 fully saturated rings. The average molecular weight is 346 g/mol. The van der Waals surface area contributed by atoms with Gasteiger partial charge < -0.3 is 10.2 Å². The van der Waals surface area contributed by atoms with Crippen molar-refractivity contribution >= 4 is 34.7 Å². The largest absolute Gasteiger partial charge is 0.365 e. The first kappa shape index (κ1) is 15.3. The molecule has 2 aliphatic rings. The van der Waals surface area contributed by atoms with Crippen LogP contribution >= 0.6 is 11.6 Å². The minimum atomic E-state index is -0.500. The summed E-state index contributed by atoms with van der Waals surface area (Å²) in [7, 11) is 0. The summed E-state index contributed by atoms with van der Waals surface area (Å²) in [6.07, 6.45) is 2.22. The molecule has 24 heavy (non-hydrogen) atoms. The third-order valence-corrected chi connectivity index (χ3v) is 4.96. The predicted octanol–water partition coefficient (Wildman–Crippen LogP) is 4.50. The van der Waals surface area contributed by atoms with Crippen LogP contribution in [0.1, 0.15) is 12.8 Å². The molecule has 4 nitrogen and oxygen atoms in total. The Kier molecular flexibility index (Phi) is 3.81. The van der Waals surface area contributed by atoms with Crippen LogP contribution in [0.15, 0.2) is 42.5 Å². The van der Waals surface area contributed by atoms with E-state index < -0.39 is 5.82 Å². The van der Waals surface area contributed by atoms with Gasteiger partial charge in [-0.1, -0.05) is 23.7 Å². The number of hydrogen-bond acceptors (Lipinski definition) is 2. The lowest BCUT2D eigenvalue weighted by Gasteiger charge is -2.40. The van der Waals surface area contributed by atoms with E-state index in [-0.39, 0.29) is 11.1 Å². The molecule has 0 spiro atoms. The SMILES string of the molecule is O=C(Nc1ccc(F)c(Cl)c1)N1CC2CCCN2c2ccccc21. The normalized spacial score (nSPS) is 19.0. The molecule has 1 N–H and O–H groups in total. The fourth-order valence-corrected chi connectivity index (χ4v) is 3.72. The van der Waals surface area contributed by atoms with Gasteiger partial charge in [-0.05, 0) is 43.2 Å². The molecule has 0 radical (unpaired) electrons. The Morgan fingerprint density at radius 3 is 2.79 bits per heavy atom. The van der Waals surface area contributed by atoms with Gasteiger partial charge in [-0.3, -0.25) is 4.90 Å². The Morgan fingerprint density at radius 1 is 1.21 bits per heavy atom. The van der Waals surface area contributed by atoms with Crippen molar-refractivity contribution in [2.45, 2.75) is 18.9 Å². The summed E-state index contributed by atoms with van der Waals surface area (Å²) in [4.78, 5) is 16.9. The predicted molar refractivity (Wildman–Crippen MR) is 94.6 cm³/mol. The van der Waals surface area contributed by atoms with E-state index in [4.69, 9.17) is 11.6 Å². The Labute approximate surface area is 144 Å². The van der Waals surface area contributed by atoms with Gasteiger partial charge in [-0.2, -0.15) is 0 Å². The summed E-state index contributed by atoms with van der Waals surface area (Å²) in [6.45, 7) is 1.68. The smallest absolute Gasteiger partial charge is 0.326 e. The van der Waals surface area contributed by atoms with Crippen molar-refractivity contribution in [3.63, 3.8) is 0 Å². The molecule has 0 aliphatic carbocycles. The minimum absolute atomic E-state index is 0.00573. The molecule has 1 unspecified atom stereocenters. The molecule has 2 aromatic carbocycles. The lowest BCUT2D eigenvalue weighted by Crippen LogP contribution is -2.49. The van der Waals surface area contributed by atoms with Crippen LogP contribution in [0.3, 0.4) is 0 Å². The van der Waals surface area contributed by atoms with Gasteiger partial charge in [0.2, 0.25) is 0 Å². The molecule has 2 aliphatic heterocycles. The molecule has 0 bridgehead atoms. The van der Waals surface area contributed by atoms with Crippen LogP contribution in [-0.2, 0) is 0 Å². The van der Waals surface area contributed by atoms with E-state index in [1.165, 1.54) is 18.2 Å². The average Bonchev–Trinajstić information content (AvgIpc) is 3.06. The molecule has 0 aromatic heterocycles. The van der Waals surface area contributed by atoms with E-state index in [1.807, 2.05) is 18.2 Å². The number of rotatable bonds is 1. The highest BCUT2D eigenvalue weighted by Crippen LogP contribution is 2.39. The van der Waals surface area contributed by atoms with Crippen LogP contribution in [0.5, 0.6) is 0 Å². The van der Waals surface area contributed by atoms with Gasteiger partial charge in [0.25, 0.3) is 0 Å². The van der Waals surface area contributed by atoms with Crippen molar-refractivity contribution in [2.75, 3.05) is 28.2 Å². The number of urea groups is 1. The van der Waals surface area contributed by atoms with Gasteiger partial charge in [0.1, 0.15) is 5.82 Å². The molecule has 1 atom stereocenters. The van der Waals surface area contributed by atoms with Gasteiger partial charge in [0.05, 0.1) is 16.4 Å². The van der Waals surface area contributed by atoms with Gasteiger partial charge in [0, 0.05) is 24.8 Å². The van der Waals surface area contributed by atoms with E-state index in [2.05, 4.69) is 16.3 Å². The first-order chi connectivity index (χ1) is 11.6. The van der Waals surface area contributed by atoms with E-state index in [0.29, 0.717) is 18.3 Å². The zero-order chi connectivity index (χ0) is 16.7. The Hall–Kier alpha value is -2.27. The maximum atomic E-state index is 13.3. The van der Waals surface area contributed by atoms with Gasteiger partial charge >= 0.3 is 6.03 Å². The van der Waals surface area contributed by atoms with Gasteiger partial charge in [-0.15, -0.1) is 0 Å². The van der Waals surface area contributed by atoms with Crippen molar-refractivity contribution in [3.05, 3.63) is 53.3 Å². The number of nitrogens with one attached hydrogen (secondary N) is 1. The van der Waals surface area contributed by atoms with Crippen molar-refractivity contribution in [3.8, 4) is 0 Å². The van der Waals surface area contributed by atoms with Crippen LogP contribution in [0.25, 0.3) is 0 Å². The highest BCUT2D eigenvalue weighted by molar-refractivity contribution is 6.31. The summed E-state index contributed by atoms with van der Waals surface area (Å²) < 4.78 is 13.3. The third-order valence-electron chi connectivity index (χ3n) is 4.67. The maximum Gasteiger partial charge on any atom is 0.326 e. The molecule has 4 rings (SSSR count). The standard InChI is InChI=1S/C18H17ClFN3O/c19-14-10-12(7-8-15(14)20)21-18(24)23-11-13-4-3-9-22(13)16-5-1-2-6-17(16)23/h1-2,5-8,10,13H,3-4,9,11H2,(H,21,24). The number of hydrogen-bond donors (Lipinski definition) is 1. The molecule has 2 aromatic rings. The number of amides is 2. The highest BCUT2D eigenvalue weighted by Gasteiger charge is 2.36. The van der Waals surface area contributed by atoms with Crippen LogP contribution < -0.4 is 15.1 Å². The Morgan fingerprint density at radius 2 is 2.00 bits per heavy atom. The Balaban J connectivity index is 1.62. The summed E-state index contributed by atoms with van der Waals surface area (Å²) >= 11 is 5.79. The quantitative estimate of drug-likeness (QED) is 0.826. The molecular formula is C18H17ClFN3O. The lowest BCUT2D eigenvalue weighted by molar-refractivity contribution is 0.256. The Bertz CT molecular complexity index is 798. The number of anilines is 3. The fraction of sp³-hybridized carbons (Fsp3) is 0.278. The molecule has 2 heterocycles. The highest BCUT2D eigenvalue weighted by atomic mass is 35.5. The maximum absolute atomic E-state index is 13.3. The zero-order valence-electron chi connectivity index (χ0n) is 13.0. The summed E-state index contributed by atoms with van der Waals surface area (Å²) in [5.41, 5.74) is 2.48. The van der Waals surface area contributed by atoms with Crippen LogP contribution in [0.2, 0.25) is 5.02 Å².